The van der Waals surface area contributed by atoms with Crippen LogP contribution in [0, 0.1) is 0 Å². The van der Waals surface area contributed by atoms with Gasteiger partial charge in [-0.3, -0.25) is 14.4 Å². The van der Waals surface area contributed by atoms with E-state index in [9.17, 15) is 14.4 Å². The Labute approximate surface area is 228 Å². The fourth-order valence-electron chi connectivity index (χ4n) is 4.69. The van der Waals surface area contributed by atoms with Crippen molar-refractivity contribution in [2.24, 2.45) is 0 Å². The Kier molecular flexibility index (Phi) is 26.3. The molecule has 0 aromatic carbocycles. The molecule has 218 valence electrons. The highest BCUT2D eigenvalue weighted by molar-refractivity contribution is 5.80. The molecule has 0 radical (unpaired) electrons. The van der Waals surface area contributed by atoms with Crippen molar-refractivity contribution in [1.29, 1.82) is 0 Å². The van der Waals surface area contributed by atoms with E-state index >= 15 is 0 Å². The van der Waals surface area contributed by atoms with Gasteiger partial charge in [-0.05, 0) is 38.5 Å². The molecule has 0 rings (SSSR count). The van der Waals surface area contributed by atoms with Gasteiger partial charge in [-0.2, -0.15) is 0 Å². The maximum Gasteiger partial charge on any atom is 0.322 e. The summed E-state index contributed by atoms with van der Waals surface area (Å²) in [5.74, 6) is -1.23. The first-order chi connectivity index (χ1) is 18.0. The Morgan fingerprint density at radius 3 is 1.46 bits per heavy atom. The number of esters is 1. The monoisotopic (exact) mass is 525 g/mol. The van der Waals surface area contributed by atoms with E-state index in [1.807, 2.05) is 0 Å². The van der Waals surface area contributed by atoms with Crippen LogP contribution in [-0.2, 0) is 19.1 Å². The molecular formula is C31H59NO5. The Morgan fingerprint density at radius 1 is 0.595 bits per heavy atom. The molecule has 6 heteroatoms. The normalized spacial score (nSPS) is 11.8. The standard InChI is InChI=1S/C31H59NO5/c1-3-5-7-9-11-13-15-19-23-28(37-31(36)26-22-18-12-10-8-6-4-2)24-20-16-14-17-21-25-29(33)32-27-30(34)35/h28H,3-27H2,1-2H3,(H,32,33)(H,34,35). The maximum atomic E-state index is 12.5. The van der Waals surface area contributed by atoms with Crippen molar-refractivity contribution >= 4 is 17.8 Å². The van der Waals surface area contributed by atoms with Crippen molar-refractivity contribution in [3.8, 4) is 0 Å². The van der Waals surface area contributed by atoms with Gasteiger partial charge in [-0.15, -0.1) is 0 Å². The van der Waals surface area contributed by atoms with Gasteiger partial charge in [0.2, 0.25) is 5.91 Å². The number of carbonyl (C=O) groups excluding carboxylic acids is 2. The van der Waals surface area contributed by atoms with Crippen molar-refractivity contribution in [2.75, 3.05) is 6.54 Å². The van der Waals surface area contributed by atoms with Crippen LogP contribution in [-0.4, -0.2) is 35.6 Å². The molecule has 1 amide bonds. The molecule has 0 bridgehead atoms. The maximum absolute atomic E-state index is 12.5. The number of hydrogen-bond acceptors (Lipinski definition) is 4. The lowest BCUT2D eigenvalue weighted by Crippen LogP contribution is -2.28. The molecule has 0 saturated carbocycles. The third-order valence-electron chi connectivity index (χ3n) is 7.03. The average Bonchev–Trinajstić information content (AvgIpc) is 2.87. The smallest absolute Gasteiger partial charge is 0.322 e. The molecule has 0 aliphatic carbocycles. The van der Waals surface area contributed by atoms with Crippen LogP contribution in [0.2, 0.25) is 0 Å². The summed E-state index contributed by atoms with van der Waals surface area (Å²) in [4.78, 5) is 34.5. The van der Waals surface area contributed by atoms with Gasteiger partial charge < -0.3 is 15.2 Å². The summed E-state index contributed by atoms with van der Waals surface area (Å²) in [6, 6.07) is 0. The number of carboxylic acid groups (broad SMARTS) is 1. The average molecular weight is 526 g/mol. The third-order valence-corrected chi connectivity index (χ3v) is 7.03. The van der Waals surface area contributed by atoms with Crippen LogP contribution in [0.4, 0.5) is 0 Å². The fraction of sp³-hybridized carbons (Fsp3) is 0.903. The second-order valence-electron chi connectivity index (χ2n) is 10.7. The summed E-state index contributed by atoms with van der Waals surface area (Å²) < 4.78 is 5.92. The topological polar surface area (TPSA) is 92.7 Å². The number of carboxylic acids is 1. The van der Waals surface area contributed by atoms with Gasteiger partial charge in [-0.1, -0.05) is 117 Å². The van der Waals surface area contributed by atoms with E-state index in [0.29, 0.717) is 12.8 Å². The zero-order chi connectivity index (χ0) is 27.4. The van der Waals surface area contributed by atoms with Crippen LogP contribution < -0.4 is 5.32 Å². The number of amides is 1. The fourth-order valence-corrected chi connectivity index (χ4v) is 4.69. The minimum absolute atomic E-state index is 0.0227. The number of hydrogen-bond donors (Lipinski definition) is 2. The van der Waals surface area contributed by atoms with Gasteiger partial charge >= 0.3 is 11.9 Å². The molecule has 0 fully saturated rings. The Morgan fingerprint density at radius 2 is 1.00 bits per heavy atom. The number of ether oxygens (including phenoxy) is 1. The zero-order valence-corrected chi connectivity index (χ0v) is 24.3. The summed E-state index contributed by atoms with van der Waals surface area (Å²) in [5, 5.41) is 11.0. The molecule has 1 atom stereocenters. The Balaban J connectivity index is 4.12. The molecule has 1 unspecified atom stereocenters. The first-order valence-electron chi connectivity index (χ1n) is 15.7. The van der Waals surface area contributed by atoms with Gasteiger partial charge in [0, 0.05) is 12.8 Å². The number of rotatable bonds is 28. The highest BCUT2D eigenvalue weighted by Crippen LogP contribution is 2.18. The first-order valence-corrected chi connectivity index (χ1v) is 15.7. The molecule has 0 aromatic heterocycles. The summed E-state index contributed by atoms with van der Waals surface area (Å²) in [5.41, 5.74) is 0. The van der Waals surface area contributed by atoms with E-state index in [1.54, 1.807) is 0 Å². The Hall–Kier alpha value is -1.59. The predicted octanol–water partition coefficient (Wildman–Crippen LogP) is 8.50. The molecule has 0 aromatic rings. The Bertz CT molecular complexity index is 552. The lowest BCUT2D eigenvalue weighted by Gasteiger charge is -2.18. The molecule has 0 saturated heterocycles. The van der Waals surface area contributed by atoms with Gasteiger partial charge in [0.15, 0.2) is 0 Å². The SMILES string of the molecule is CCCCCCCCCCC(CCCCCCCC(=O)NCC(=O)O)OC(=O)CCCCCCCCC. The highest BCUT2D eigenvalue weighted by atomic mass is 16.5. The van der Waals surface area contributed by atoms with Crippen molar-refractivity contribution in [2.45, 2.75) is 174 Å². The second kappa shape index (κ2) is 27.4. The molecule has 0 spiro atoms. The lowest BCUT2D eigenvalue weighted by molar-refractivity contribution is -0.150. The van der Waals surface area contributed by atoms with Gasteiger partial charge in [-0.25, -0.2) is 0 Å². The van der Waals surface area contributed by atoms with Gasteiger partial charge in [0.25, 0.3) is 0 Å². The molecule has 37 heavy (non-hydrogen) atoms. The third kappa shape index (κ3) is 27.3. The number of carbonyl (C=O) groups is 3. The molecule has 0 aliphatic heterocycles. The van der Waals surface area contributed by atoms with Gasteiger partial charge in [0.1, 0.15) is 12.6 Å². The predicted molar refractivity (Wildman–Crippen MR) is 153 cm³/mol. The summed E-state index contributed by atoms with van der Waals surface area (Å²) in [6.07, 6.45) is 26.5. The van der Waals surface area contributed by atoms with E-state index in [1.165, 1.54) is 77.0 Å². The van der Waals surface area contributed by atoms with E-state index in [0.717, 1.165) is 64.2 Å². The molecule has 6 nitrogen and oxygen atoms in total. The molecule has 0 aliphatic rings. The van der Waals surface area contributed by atoms with Crippen LogP contribution in [0.3, 0.4) is 0 Å². The molecule has 0 heterocycles. The largest absolute Gasteiger partial charge is 0.480 e. The van der Waals surface area contributed by atoms with E-state index in [2.05, 4.69) is 19.2 Å². The van der Waals surface area contributed by atoms with Crippen LogP contribution in [0.25, 0.3) is 0 Å². The summed E-state index contributed by atoms with van der Waals surface area (Å²) in [6.45, 7) is 4.17. The van der Waals surface area contributed by atoms with E-state index in [4.69, 9.17) is 9.84 Å². The minimum Gasteiger partial charge on any atom is -0.480 e. The van der Waals surface area contributed by atoms with Crippen molar-refractivity contribution in [3.05, 3.63) is 0 Å². The second-order valence-corrected chi connectivity index (χ2v) is 10.7. The van der Waals surface area contributed by atoms with Crippen LogP contribution in [0.5, 0.6) is 0 Å². The summed E-state index contributed by atoms with van der Waals surface area (Å²) >= 11 is 0. The first kappa shape index (κ1) is 35.4. The van der Waals surface area contributed by atoms with E-state index < -0.39 is 5.97 Å². The number of aliphatic carboxylic acids is 1. The highest BCUT2D eigenvalue weighted by Gasteiger charge is 2.14. The number of unbranched alkanes of at least 4 members (excludes halogenated alkanes) is 17. The summed E-state index contributed by atoms with van der Waals surface area (Å²) in [7, 11) is 0. The van der Waals surface area contributed by atoms with Crippen molar-refractivity contribution in [1.82, 2.24) is 5.32 Å². The van der Waals surface area contributed by atoms with Crippen LogP contribution in [0.15, 0.2) is 0 Å². The van der Waals surface area contributed by atoms with Gasteiger partial charge in [0.05, 0.1) is 0 Å². The van der Waals surface area contributed by atoms with Crippen LogP contribution in [0.1, 0.15) is 168 Å². The van der Waals surface area contributed by atoms with E-state index in [-0.39, 0.29) is 24.5 Å². The molecular weight excluding hydrogens is 466 g/mol. The zero-order valence-electron chi connectivity index (χ0n) is 24.3. The van der Waals surface area contributed by atoms with Crippen molar-refractivity contribution in [3.63, 3.8) is 0 Å². The minimum atomic E-state index is -1.02. The lowest BCUT2D eigenvalue weighted by atomic mass is 10.0. The van der Waals surface area contributed by atoms with Crippen LogP contribution >= 0.6 is 0 Å². The number of nitrogens with one attached hydrogen (secondary N) is 1. The quantitative estimate of drug-likeness (QED) is 0.0789. The molecule has 2 N–H and O–H groups in total. The van der Waals surface area contributed by atoms with Crippen molar-refractivity contribution < 1.29 is 24.2 Å².